The maximum Gasteiger partial charge on any atom is 0.213 e. The summed E-state index contributed by atoms with van der Waals surface area (Å²) in [4.78, 5) is 8.27. The van der Waals surface area contributed by atoms with Gasteiger partial charge >= 0.3 is 0 Å². The first kappa shape index (κ1) is 12.2. The van der Waals surface area contributed by atoms with E-state index in [0.717, 1.165) is 30.3 Å². The zero-order valence-corrected chi connectivity index (χ0v) is 10.7. The molecule has 1 N–H and O–H groups in total. The second-order valence-corrected chi connectivity index (χ2v) is 4.84. The van der Waals surface area contributed by atoms with Gasteiger partial charge in [0.15, 0.2) is 6.39 Å². The molecule has 0 bridgehead atoms. The first-order valence-electron chi connectivity index (χ1n) is 6.55. The lowest BCUT2D eigenvalue weighted by atomic mass is 10.2. The van der Waals surface area contributed by atoms with Crippen LogP contribution in [0.2, 0.25) is 0 Å². The Kier molecular flexibility index (Phi) is 3.74. The van der Waals surface area contributed by atoms with E-state index in [9.17, 15) is 0 Å². The highest BCUT2D eigenvalue weighted by Crippen LogP contribution is 2.29. The van der Waals surface area contributed by atoms with Crippen LogP contribution in [-0.2, 0) is 13.1 Å². The van der Waals surface area contributed by atoms with Crippen molar-refractivity contribution in [3.63, 3.8) is 0 Å². The Hall–Kier alpha value is -1.88. The molecule has 2 aromatic heterocycles. The van der Waals surface area contributed by atoms with Crippen molar-refractivity contribution in [3.8, 4) is 5.88 Å². The fraction of sp³-hybridized carbons (Fsp3) is 0.429. The Labute approximate surface area is 112 Å². The average molecular weight is 259 g/mol. The number of hydrogen-bond acceptors (Lipinski definition) is 5. The topological polar surface area (TPSA) is 60.2 Å². The summed E-state index contributed by atoms with van der Waals surface area (Å²) < 4.78 is 10.6. The Balaban J connectivity index is 1.47. The Morgan fingerprint density at radius 1 is 1.32 bits per heavy atom. The lowest BCUT2D eigenvalue weighted by Gasteiger charge is -2.07. The first-order valence-corrected chi connectivity index (χ1v) is 6.55. The summed E-state index contributed by atoms with van der Waals surface area (Å²) >= 11 is 0. The third kappa shape index (κ3) is 3.79. The van der Waals surface area contributed by atoms with Crippen LogP contribution in [0.25, 0.3) is 0 Å². The van der Waals surface area contributed by atoms with Crippen LogP contribution >= 0.6 is 0 Å². The minimum Gasteiger partial charge on any atom is -0.477 e. The number of rotatable bonds is 7. The van der Waals surface area contributed by atoms with Crippen molar-refractivity contribution in [1.82, 2.24) is 15.3 Å². The van der Waals surface area contributed by atoms with E-state index >= 15 is 0 Å². The molecule has 2 heterocycles. The molecule has 100 valence electrons. The van der Waals surface area contributed by atoms with Gasteiger partial charge in [0.05, 0.1) is 12.3 Å². The summed E-state index contributed by atoms with van der Waals surface area (Å²) in [6, 6.07) is 3.97. The van der Waals surface area contributed by atoms with E-state index in [2.05, 4.69) is 15.3 Å². The molecule has 5 nitrogen and oxygen atoms in total. The second-order valence-electron chi connectivity index (χ2n) is 4.84. The summed E-state index contributed by atoms with van der Waals surface area (Å²) in [5.41, 5.74) is 2.06. The number of nitrogens with one attached hydrogen (secondary N) is 1. The second kappa shape index (κ2) is 5.84. The molecule has 19 heavy (non-hydrogen) atoms. The van der Waals surface area contributed by atoms with Crippen LogP contribution < -0.4 is 10.1 Å². The predicted molar refractivity (Wildman–Crippen MR) is 69.5 cm³/mol. The van der Waals surface area contributed by atoms with Crippen molar-refractivity contribution in [2.75, 3.05) is 6.61 Å². The van der Waals surface area contributed by atoms with Gasteiger partial charge in [0.1, 0.15) is 6.26 Å². The van der Waals surface area contributed by atoms with E-state index in [1.165, 1.54) is 19.2 Å². The monoisotopic (exact) mass is 259 g/mol. The van der Waals surface area contributed by atoms with Crippen LogP contribution in [0, 0.1) is 5.92 Å². The van der Waals surface area contributed by atoms with Crippen molar-refractivity contribution in [3.05, 3.63) is 42.2 Å². The molecule has 5 heteroatoms. The SMILES string of the molecule is c1cc(CNCc2cocn2)cc(OCC2CC2)n1. The molecule has 0 aromatic carbocycles. The van der Waals surface area contributed by atoms with Crippen molar-refractivity contribution in [2.45, 2.75) is 25.9 Å². The van der Waals surface area contributed by atoms with Gasteiger partial charge in [-0.3, -0.25) is 0 Å². The lowest BCUT2D eigenvalue weighted by Crippen LogP contribution is -2.13. The van der Waals surface area contributed by atoms with E-state index in [1.54, 1.807) is 12.5 Å². The molecule has 0 amide bonds. The standard InChI is InChI=1S/C14H17N3O2/c1-2-11(1)8-19-14-5-12(3-4-16-14)6-15-7-13-9-18-10-17-13/h3-5,9-11,15H,1-2,6-8H2. The summed E-state index contributed by atoms with van der Waals surface area (Å²) in [7, 11) is 0. The van der Waals surface area contributed by atoms with Crippen LogP contribution in [0.4, 0.5) is 0 Å². The minimum absolute atomic E-state index is 0.692. The molecule has 1 aliphatic rings. The number of pyridine rings is 1. The van der Waals surface area contributed by atoms with Crippen LogP contribution in [-0.4, -0.2) is 16.6 Å². The fourth-order valence-corrected chi connectivity index (χ4v) is 1.79. The Bertz CT molecular complexity index is 509. The maximum absolute atomic E-state index is 5.66. The van der Waals surface area contributed by atoms with Crippen LogP contribution in [0.3, 0.4) is 0 Å². The Morgan fingerprint density at radius 2 is 2.26 bits per heavy atom. The molecule has 1 saturated carbocycles. The van der Waals surface area contributed by atoms with Gasteiger partial charge in [-0.25, -0.2) is 9.97 Å². The van der Waals surface area contributed by atoms with Gasteiger partial charge in [-0.1, -0.05) is 0 Å². The van der Waals surface area contributed by atoms with Gasteiger partial charge in [-0.2, -0.15) is 0 Å². The van der Waals surface area contributed by atoms with E-state index in [-0.39, 0.29) is 0 Å². The van der Waals surface area contributed by atoms with Gasteiger partial charge in [0.25, 0.3) is 0 Å². The number of nitrogens with zero attached hydrogens (tertiary/aromatic N) is 2. The molecule has 1 fully saturated rings. The number of oxazole rings is 1. The van der Waals surface area contributed by atoms with Gasteiger partial charge in [0, 0.05) is 25.4 Å². The van der Waals surface area contributed by atoms with Crippen molar-refractivity contribution in [2.24, 2.45) is 5.92 Å². The molecule has 0 radical (unpaired) electrons. The Morgan fingerprint density at radius 3 is 3.05 bits per heavy atom. The molecule has 1 aliphatic carbocycles. The molecule has 0 spiro atoms. The lowest BCUT2D eigenvalue weighted by molar-refractivity contribution is 0.288. The van der Waals surface area contributed by atoms with Crippen LogP contribution in [0.15, 0.2) is 35.4 Å². The van der Waals surface area contributed by atoms with Gasteiger partial charge in [-0.05, 0) is 30.4 Å². The summed E-state index contributed by atoms with van der Waals surface area (Å²) in [5.74, 6) is 1.46. The summed E-state index contributed by atoms with van der Waals surface area (Å²) in [6.45, 7) is 2.25. The van der Waals surface area contributed by atoms with E-state index < -0.39 is 0 Å². The number of hydrogen-bond donors (Lipinski definition) is 1. The molecule has 0 aliphatic heterocycles. The smallest absolute Gasteiger partial charge is 0.213 e. The molecular weight excluding hydrogens is 242 g/mol. The van der Waals surface area contributed by atoms with Crippen molar-refractivity contribution in [1.29, 1.82) is 0 Å². The molecule has 0 saturated heterocycles. The third-order valence-corrected chi connectivity index (χ3v) is 3.08. The van der Waals surface area contributed by atoms with Crippen molar-refractivity contribution >= 4 is 0 Å². The van der Waals surface area contributed by atoms with Crippen molar-refractivity contribution < 1.29 is 9.15 Å². The fourth-order valence-electron chi connectivity index (χ4n) is 1.79. The highest BCUT2D eigenvalue weighted by Gasteiger charge is 2.22. The highest BCUT2D eigenvalue weighted by molar-refractivity contribution is 5.20. The van der Waals surface area contributed by atoms with E-state index in [4.69, 9.17) is 9.15 Å². The minimum atomic E-state index is 0.692. The van der Waals surface area contributed by atoms with Gasteiger partial charge in [-0.15, -0.1) is 0 Å². The summed E-state index contributed by atoms with van der Waals surface area (Å²) in [6.07, 6.45) is 7.45. The van der Waals surface area contributed by atoms with Gasteiger partial charge in [0.2, 0.25) is 5.88 Å². The van der Waals surface area contributed by atoms with Crippen LogP contribution in [0.5, 0.6) is 5.88 Å². The van der Waals surface area contributed by atoms with Crippen LogP contribution in [0.1, 0.15) is 24.1 Å². The number of aromatic nitrogens is 2. The quantitative estimate of drug-likeness (QED) is 0.825. The van der Waals surface area contributed by atoms with Gasteiger partial charge < -0.3 is 14.5 Å². The zero-order chi connectivity index (χ0) is 12.9. The molecule has 2 aromatic rings. The molecular formula is C14H17N3O2. The largest absolute Gasteiger partial charge is 0.477 e. The normalized spacial score (nSPS) is 14.5. The number of ether oxygens (including phenoxy) is 1. The first-order chi connectivity index (χ1) is 9.40. The third-order valence-electron chi connectivity index (χ3n) is 3.08. The average Bonchev–Trinajstić information content (AvgIpc) is 3.13. The molecule has 0 unspecified atom stereocenters. The van der Waals surface area contributed by atoms with E-state index in [1.807, 2.05) is 12.1 Å². The summed E-state index contributed by atoms with van der Waals surface area (Å²) in [5, 5.41) is 3.30. The molecule has 3 rings (SSSR count). The molecule has 0 atom stereocenters. The van der Waals surface area contributed by atoms with E-state index in [0.29, 0.717) is 12.4 Å². The zero-order valence-electron chi connectivity index (χ0n) is 10.7. The highest BCUT2D eigenvalue weighted by atomic mass is 16.5. The maximum atomic E-state index is 5.66. The predicted octanol–water partition coefficient (Wildman–Crippen LogP) is 2.15.